The number of rotatable bonds is 5. The number of benzene rings is 2. The summed E-state index contributed by atoms with van der Waals surface area (Å²) in [5, 5.41) is 3.59. The number of thiazole rings is 1. The van der Waals surface area contributed by atoms with Crippen LogP contribution in [0, 0.1) is 18.8 Å². The Balaban J connectivity index is 1.24. The molecule has 12 heteroatoms. The van der Waals surface area contributed by atoms with Crippen molar-refractivity contribution < 1.29 is 23.3 Å². The highest BCUT2D eigenvalue weighted by atomic mass is 35.5. The fourth-order valence-electron chi connectivity index (χ4n) is 8.11. The zero-order valence-corrected chi connectivity index (χ0v) is 31.1. The summed E-state index contributed by atoms with van der Waals surface area (Å²) in [7, 11) is -1.64. The van der Waals surface area contributed by atoms with Crippen LogP contribution >= 0.6 is 22.9 Å². The van der Waals surface area contributed by atoms with Gasteiger partial charge < -0.3 is 14.4 Å². The number of methoxy groups -OCH3 is 1. The molecular weight excluding hydrogens is 692 g/mol. The molecule has 50 heavy (non-hydrogen) atoms. The number of anilines is 1. The first-order valence-corrected chi connectivity index (χ1v) is 20.6. The predicted octanol–water partition coefficient (Wildman–Crippen LogP) is 7.24. The molecular formula is C38H45ClN4O5S2. The minimum Gasteiger partial charge on any atom is -0.490 e. The molecule has 5 atom stereocenters. The molecule has 3 heterocycles. The molecule has 4 aliphatic rings. The van der Waals surface area contributed by atoms with E-state index in [0.29, 0.717) is 49.0 Å². The molecule has 0 radical (unpaired) electrons. The molecule has 1 unspecified atom stereocenters. The van der Waals surface area contributed by atoms with Crippen LogP contribution in [0.5, 0.6) is 5.75 Å². The Morgan fingerprint density at radius 2 is 2.10 bits per heavy atom. The SMILES string of the molecule is CO[C@H]1/C=C\CCCS(=O)(NC(=O)CCc2csc(C)n2)=NC(=O)c2ccc3c(c2)N(C[C@@H]2CC[C@H]21)C[C@@]1(CCCc2cc(Cl)ccc21)CO3. The summed E-state index contributed by atoms with van der Waals surface area (Å²) < 4.78 is 33.8. The van der Waals surface area contributed by atoms with E-state index < -0.39 is 21.7 Å². The minimum absolute atomic E-state index is 0.0353. The van der Waals surface area contributed by atoms with Gasteiger partial charge in [-0.15, -0.1) is 15.7 Å². The summed E-state index contributed by atoms with van der Waals surface area (Å²) in [6, 6.07) is 11.6. The van der Waals surface area contributed by atoms with E-state index in [1.54, 1.807) is 13.2 Å². The van der Waals surface area contributed by atoms with Crippen molar-refractivity contribution in [3.63, 3.8) is 0 Å². The lowest BCUT2D eigenvalue weighted by molar-refractivity contribution is -0.119. The van der Waals surface area contributed by atoms with E-state index >= 15 is 0 Å². The normalized spacial score (nSPS) is 28.7. The number of carbonyl (C=O) groups excluding carboxylic acids is 2. The van der Waals surface area contributed by atoms with Crippen LogP contribution in [0.3, 0.4) is 0 Å². The molecule has 1 saturated carbocycles. The number of nitrogens with one attached hydrogen (secondary N) is 1. The van der Waals surface area contributed by atoms with E-state index in [2.05, 4.69) is 43.3 Å². The molecule has 1 aromatic heterocycles. The number of hydrogen-bond donors (Lipinski definition) is 1. The summed E-state index contributed by atoms with van der Waals surface area (Å²) in [6.07, 6.45) is 11.0. The van der Waals surface area contributed by atoms with Gasteiger partial charge in [0.25, 0.3) is 5.91 Å². The molecule has 2 aromatic carbocycles. The van der Waals surface area contributed by atoms with Gasteiger partial charge in [0.2, 0.25) is 5.91 Å². The molecule has 0 saturated heterocycles. The molecule has 3 aromatic rings. The first-order valence-electron chi connectivity index (χ1n) is 17.6. The average molecular weight is 737 g/mol. The molecule has 2 bridgehead atoms. The number of carbonyl (C=O) groups is 2. The summed E-state index contributed by atoms with van der Waals surface area (Å²) in [6.45, 7) is 3.95. The Morgan fingerprint density at radius 3 is 2.88 bits per heavy atom. The van der Waals surface area contributed by atoms with Crippen LogP contribution in [0.1, 0.15) is 77.1 Å². The van der Waals surface area contributed by atoms with Gasteiger partial charge >= 0.3 is 0 Å². The topological polar surface area (TPSA) is 110 Å². The Hall–Kier alpha value is -3.25. The van der Waals surface area contributed by atoms with Crippen molar-refractivity contribution in [1.82, 2.24) is 9.71 Å². The van der Waals surface area contributed by atoms with Gasteiger partial charge in [-0.05, 0) is 112 Å². The minimum atomic E-state index is -3.40. The number of fused-ring (bicyclic) bond motifs is 4. The van der Waals surface area contributed by atoms with Gasteiger partial charge in [0, 0.05) is 48.0 Å². The van der Waals surface area contributed by atoms with E-state index in [9.17, 15) is 13.8 Å². The molecule has 266 valence electrons. The number of aromatic nitrogens is 1. The third kappa shape index (κ3) is 7.52. The molecule has 1 fully saturated rings. The Labute approximate surface area is 304 Å². The molecule has 2 aliphatic heterocycles. The smallest absolute Gasteiger partial charge is 0.286 e. The van der Waals surface area contributed by atoms with Crippen LogP contribution in [0.25, 0.3) is 0 Å². The van der Waals surface area contributed by atoms with Crippen LogP contribution in [-0.4, -0.2) is 59.7 Å². The van der Waals surface area contributed by atoms with Crippen molar-refractivity contribution >= 4 is 50.4 Å². The second-order valence-electron chi connectivity index (χ2n) is 14.2. The molecule has 1 spiro atoms. The molecule has 2 aliphatic carbocycles. The van der Waals surface area contributed by atoms with E-state index in [-0.39, 0.29) is 23.7 Å². The van der Waals surface area contributed by atoms with Crippen molar-refractivity contribution in [1.29, 1.82) is 0 Å². The molecule has 1 N–H and O–H groups in total. The van der Waals surface area contributed by atoms with Gasteiger partial charge in [-0.2, -0.15) is 0 Å². The van der Waals surface area contributed by atoms with Crippen LogP contribution in [0.2, 0.25) is 5.02 Å². The number of halogens is 1. The third-order valence-electron chi connectivity index (χ3n) is 10.8. The van der Waals surface area contributed by atoms with E-state index in [1.807, 2.05) is 30.5 Å². The predicted molar refractivity (Wildman–Crippen MR) is 199 cm³/mol. The van der Waals surface area contributed by atoms with Crippen molar-refractivity contribution in [2.45, 2.75) is 76.2 Å². The number of aryl methyl sites for hydroxylation is 3. The van der Waals surface area contributed by atoms with Crippen LogP contribution in [0.15, 0.2) is 58.3 Å². The number of amides is 2. The highest BCUT2D eigenvalue weighted by Crippen LogP contribution is 2.47. The first-order chi connectivity index (χ1) is 24.1. The van der Waals surface area contributed by atoms with E-state index in [1.165, 1.54) is 22.5 Å². The van der Waals surface area contributed by atoms with Gasteiger partial charge in [0.05, 0.1) is 34.9 Å². The maximum absolute atomic E-state index is 14.2. The van der Waals surface area contributed by atoms with Gasteiger partial charge in [-0.1, -0.05) is 29.8 Å². The van der Waals surface area contributed by atoms with Crippen LogP contribution < -0.4 is 14.4 Å². The summed E-state index contributed by atoms with van der Waals surface area (Å²) in [4.78, 5) is 33.8. The number of hydrogen-bond acceptors (Lipinski definition) is 8. The first kappa shape index (κ1) is 35.2. The fourth-order valence-corrected chi connectivity index (χ4v) is 10.6. The van der Waals surface area contributed by atoms with Crippen molar-refractivity contribution in [3.8, 4) is 5.75 Å². The summed E-state index contributed by atoms with van der Waals surface area (Å²) >= 11 is 7.97. The van der Waals surface area contributed by atoms with Gasteiger partial charge in [-0.25, -0.2) is 9.19 Å². The zero-order chi connectivity index (χ0) is 34.9. The molecule has 7 rings (SSSR count). The highest BCUT2D eigenvalue weighted by Gasteiger charge is 2.44. The summed E-state index contributed by atoms with van der Waals surface area (Å²) in [5.74, 6) is 0.494. The highest BCUT2D eigenvalue weighted by molar-refractivity contribution is 7.92. The third-order valence-corrected chi connectivity index (χ3v) is 13.7. The maximum atomic E-state index is 14.2. The van der Waals surface area contributed by atoms with Crippen LogP contribution in [0.4, 0.5) is 5.69 Å². The lowest BCUT2D eigenvalue weighted by Gasteiger charge is -2.46. The number of ether oxygens (including phenoxy) is 2. The number of nitrogens with zero attached hydrogens (tertiary/aromatic N) is 3. The Bertz CT molecular complexity index is 1920. The standard InChI is InChI=1S/C38H45ClN4O5S2/c1-25-40-30(22-49-25)12-16-36(44)41-50(46)18-5-3-4-8-34(47-2)31-13-9-28(31)21-43-23-38(17-6-7-26-19-29(39)11-14-32(26)38)24-48-35-15-10-27(20-33(35)43)37(45)42-50/h4,8,10-11,14-15,19-20,22,28,31,34H,3,5-7,9,12-13,16-18,21,23-24H2,1-2H3,(H,41,42,44,45,46)/b8-4-/t28-,31+,34-,38-,50?/m0/s1. The molecule has 9 nitrogen and oxygen atoms in total. The van der Waals surface area contributed by atoms with E-state index in [4.69, 9.17) is 21.1 Å². The summed E-state index contributed by atoms with van der Waals surface area (Å²) in [5.41, 5.74) is 4.27. The van der Waals surface area contributed by atoms with Crippen molar-refractivity contribution in [2.75, 3.05) is 37.5 Å². The van der Waals surface area contributed by atoms with Crippen molar-refractivity contribution in [2.24, 2.45) is 16.2 Å². The van der Waals surface area contributed by atoms with Gasteiger partial charge in [0.15, 0.2) is 0 Å². The second kappa shape index (κ2) is 14.8. The molecule has 2 amide bonds. The second-order valence-corrected chi connectivity index (χ2v) is 17.8. The monoisotopic (exact) mass is 736 g/mol. The Morgan fingerprint density at radius 1 is 1.22 bits per heavy atom. The Kier molecular flexibility index (Phi) is 10.4. The lowest BCUT2D eigenvalue weighted by atomic mass is 9.68. The zero-order valence-electron chi connectivity index (χ0n) is 28.7. The van der Waals surface area contributed by atoms with Gasteiger partial charge in [-0.3, -0.25) is 14.3 Å². The maximum Gasteiger partial charge on any atom is 0.286 e. The lowest BCUT2D eigenvalue weighted by Crippen LogP contribution is -2.49. The average Bonchev–Trinajstić information content (AvgIpc) is 3.44. The van der Waals surface area contributed by atoms with Crippen LogP contribution in [-0.2, 0) is 37.7 Å². The van der Waals surface area contributed by atoms with Gasteiger partial charge in [0.1, 0.15) is 15.7 Å². The largest absolute Gasteiger partial charge is 0.490 e. The van der Waals surface area contributed by atoms with E-state index in [0.717, 1.165) is 66.6 Å². The number of allylic oxidation sites excluding steroid dienone is 1. The quantitative estimate of drug-likeness (QED) is 0.275. The fraction of sp³-hybridized carbons (Fsp3) is 0.500. The van der Waals surface area contributed by atoms with Crippen molar-refractivity contribution in [3.05, 3.63) is 86.3 Å².